The number of nitrogens with one attached hydrogen (secondary N) is 2. The van der Waals surface area contributed by atoms with Crippen molar-refractivity contribution in [2.75, 3.05) is 11.9 Å². The van der Waals surface area contributed by atoms with Crippen LogP contribution in [-0.2, 0) is 16.0 Å². The van der Waals surface area contributed by atoms with Crippen LogP contribution in [0, 0.1) is 31.5 Å². The summed E-state index contributed by atoms with van der Waals surface area (Å²) >= 11 is 0. The van der Waals surface area contributed by atoms with Gasteiger partial charge in [-0.25, -0.2) is 4.39 Å². The number of benzene rings is 2. The lowest BCUT2D eigenvalue weighted by Gasteiger charge is -2.27. The van der Waals surface area contributed by atoms with Crippen molar-refractivity contribution < 1.29 is 14.0 Å². The Kier molecular flexibility index (Phi) is 7.02. The van der Waals surface area contributed by atoms with E-state index in [0.717, 1.165) is 16.8 Å². The highest BCUT2D eigenvalue weighted by molar-refractivity contribution is 5.93. The molecule has 0 aromatic heterocycles. The molecule has 5 heteroatoms. The van der Waals surface area contributed by atoms with Crippen LogP contribution in [0.15, 0.2) is 42.5 Å². The Morgan fingerprint density at radius 3 is 2.28 bits per heavy atom. The van der Waals surface area contributed by atoms with Gasteiger partial charge in [0, 0.05) is 24.1 Å². The molecule has 0 saturated heterocycles. The van der Waals surface area contributed by atoms with Crippen molar-refractivity contribution in [1.82, 2.24) is 5.32 Å². The highest BCUT2D eigenvalue weighted by Crippen LogP contribution is 2.30. The molecule has 0 heterocycles. The van der Waals surface area contributed by atoms with E-state index in [2.05, 4.69) is 10.6 Å². The van der Waals surface area contributed by atoms with Crippen LogP contribution in [-0.4, -0.2) is 18.4 Å². The minimum atomic E-state index is -0.239. The van der Waals surface area contributed by atoms with E-state index in [4.69, 9.17) is 0 Å². The van der Waals surface area contributed by atoms with Crippen molar-refractivity contribution in [3.8, 4) is 0 Å². The average molecular weight is 397 g/mol. The summed E-state index contributed by atoms with van der Waals surface area (Å²) in [6.45, 7) is 4.46. The fraction of sp³-hybridized carbons (Fsp3) is 0.417. The Bertz CT molecular complexity index is 873. The maximum atomic E-state index is 13.6. The first-order valence-electron chi connectivity index (χ1n) is 10.3. The Hall–Kier alpha value is -2.69. The molecule has 2 N–H and O–H groups in total. The summed E-state index contributed by atoms with van der Waals surface area (Å²) in [5, 5.41) is 5.97. The van der Waals surface area contributed by atoms with Gasteiger partial charge in [0.05, 0.1) is 0 Å². The summed E-state index contributed by atoms with van der Waals surface area (Å²) in [5.74, 6) is -0.318. The van der Waals surface area contributed by atoms with Crippen LogP contribution in [0.2, 0.25) is 0 Å². The van der Waals surface area contributed by atoms with Gasteiger partial charge in [-0.2, -0.15) is 0 Å². The quantitative estimate of drug-likeness (QED) is 0.753. The summed E-state index contributed by atoms with van der Waals surface area (Å²) in [5.41, 5.74) is 3.71. The number of hydrogen-bond acceptors (Lipinski definition) is 2. The molecule has 0 radical (unpaired) electrons. The standard InChI is InChI=1S/C24H29FN2O2/c1-16-6-5-9-22(17(16)2)27-24(29)20-12-10-19(11-13-20)23(28)26-15-14-18-7-3-4-8-21(18)25/h3-9,19-20H,10-15H2,1-2H3,(H,26,28)(H,27,29). The lowest BCUT2D eigenvalue weighted by molar-refractivity contribution is -0.128. The van der Waals surface area contributed by atoms with Crippen molar-refractivity contribution in [2.24, 2.45) is 11.8 Å². The average Bonchev–Trinajstić information content (AvgIpc) is 2.73. The van der Waals surface area contributed by atoms with Gasteiger partial charge >= 0.3 is 0 Å². The Labute approximate surface area is 171 Å². The molecule has 3 rings (SSSR count). The van der Waals surface area contributed by atoms with Gasteiger partial charge in [0.25, 0.3) is 0 Å². The Morgan fingerprint density at radius 1 is 0.931 bits per heavy atom. The molecule has 29 heavy (non-hydrogen) atoms. The first kappa shape index (κ1) is 21.0. The zero-order valence-corrected chi connectivity index (χ0v) is 17.1. The second-order valence-electron chi connectivity index (χ2n) is 7.92. The summed E-state index contributed by atoms with van der Waals surface area (Å²) in [6.07, 6.45) is 3.31. The highest BCUT2D eigenvalue weighted by atomic mass is 19.1. The van der Waals surface area contributed by atoms with Crippen molar-refractivity contribution in [1.29, 1.82) is 0 Å². The molecule has 1 fully saturated rings. The Morgan fingerprint density at radius 2 is 1.59 bits per heavy atom. The number of anilines is 1. The van der Waals surface area contributed by atoms with Crippen LogP contribution in [0.5, 0.6) is 0 Å². The van der Waals surface area contributed by atoms with E-state index in [9.17, 15) is 14.0 Å². The molecule has 0 spiro atoms. The largest absolute Gasteiger partial charge is 0.356 e. The van der Waals surface area contributed by atoms with Crippen LogP contribution < -0.4 is 10.6 Å². The molecular weight excluding hydrogens is 367 g/mol. The predicted molar refractivity (Wildman–Crippen MR) is 113 cm³/mol. The topological polar surface area (TPSA) is 58.2 Å². The smallest absolute Gasteiger partial charge is 0.227 e. The predicted octanol–water partition coefficient (Wildman–Crippen LogP) is 4.55. The fourth-order valence-corrected chi connectivity index (χ4v) is 3.90. The summed E-state index contributed by atoms with van der Waals surface area (Å²) in [4.78, 5) is 25.0. The monoisotopic (exact) mass is 396 g/mol. The third-order valence-electron chi connectivity index (χ3n) is 5.98. The molecule has 0 atom stereocenters. The van der Waals surface area contributed by atoms with Crippen molar-refractivity contribution in [3.05, 3.63) is 65.0 Å². The van der Waals surface area contributed by atoms with Crippen LogP contribution in [0.4, 0.5) is 10.1 Å². The van der Waals surface area contributed by atoms with Crippen molar-refractivity contribution in [3.63, 3.8) is 0 Å². The minimum absolute atomic E-state index is 0.00901. The summed E-state index contributed by atoms with van der Waals surface area (Å²) in [6, 6.07) is 12.5. The molecule has 2 aromatic rings. The molecule has 0 aliphatic heterocycles. The van der Waals surface area contributed by atoms with E-state index in [-0.39, 0.29) is 29.5 Å². The van der Waals surface area contributed by atoms with E-state index >= 15 is 0 Å². The Balaban J connectivity index is 1.43. The summed E-state index contributed by atoms with van der Waals surface area (Å²) in [7, 11) is 0. The number of amides is 2. The molecule has 4 nitrogen and oxygen atoms in total. The molecule has 2 aromatic carbocycles. The first-order chi connectivity index (χ1) is 14.0. The number of carbonyl (C=O) groups excluding carboxylic acids is 2. The van der Waals surface area contributed by atoms with E-state index in [1.165, 1.54) is 6.07 Å². The lowest BCUT2D eigenvalue weighted by Crippen LogP contribution is -2.36. The molecule has 0 bridgehead atoms. The molecule has 154 valence electrons. The van der Waals surface area contributed by atoms with Crippen LogP contribution >= 0.6 is 0 Å². The van der Waals surface area contributed by atoms with Crippen LogP contribution in [0.25, 0.3) is 0 Å². The van der Waals surface area contributed by atoms with E-state index in [1.807, 2.05) is 32.0 Å². The molecule has 2 amide bonds. The zero-order valence-electron chi connectivity index (χ0n) is 17.1. The van der Waals surface area contributed by atoms with E-state index in [1.54, 1.807) is 18.2 Å². The molecular formula is C24H29FN2O2. The van der Waals surface area contributed by atoms with Gasteiger partial charge in [-0.15, -0.1) is 0 Å². The SMILES string of the molecule is Cc1cccc(NC(=O)C2CCC(C(=O)NCCc3ccccc3F)CC2)c1C. The van der Waals surface area contributed by atoms with Crippen LogP contribution in [0.3, 0.4) is 0 Å². The van der Waals surface area contributed by atoms with Gasteiger partial charge in [0.2, 0.25) is 11.8 Å². The third-order valence-corrected chi connectivity index (χ3v) is 5.98. The number of rotatable bonds is 6. The van der Waals surface area contributed by atoms with Gasteiger partial charge in [0.1, 0.15) is 5.82 Å². The number of halogens is 1. The maximum Gasteiger partial charge on any atom is 0.227 e. The van der Waals surface area contributed by atoms with Crippen molar-refractivity contribution >= 4 is 17.5 Å². The second kappa shape index (κ2) is 9.68. The number of aryl methyl sites for hydroxylation is 1. The summed E-state index contributed by atoms with van der Waals surface area (Å²) < 4.78 is 13.6. The van der Waals surface area contributed by atoms with E-state index < -0.39 is 0 Å². The number of carbonyl (C=O) groups is 2. The maximum absolute atomic E-state index is 13.6. The molecule has 1 aliphatic carbocycles. The lowest BCUT2D eigenvalue weighted by atomic mass is 9.81. The first-order valence-corrected chi connectivity index (χ1v) is 10.3. The molecule has 0 unspecified atom stereocenters. The van der Waals surface area contributed by atoms with Crippen molar-refractivity contribution in [2.45, 2.75) is 46.0 Å². The normalized spacial score (nSPS) is 18.9. The second-order valence-corrected chi connectivity index (χ2v) is 7.92. The zero-order chi connectivity index (χ0) is 20.8. The van der Waals surface area contributed by atoms with E-state index in [0.29, 0.717) is 44.2 Å². The minimum Gasteiger partial charge on any atom is -0.356 e. The molecule has 1 saturated carbocycles. The van der Waals surface area contributed by atoms with Crippen LogP contribution in [0.1, 0.15) is 42.4 Å². The van der Waals surface area contributed by atoms with Gasteiger partial charge in [-0.3, -0.25) is 9.59 Å². The highest BCUT2D eigenvalue weighted by Gasteiger charge is 2.30. The van der Waals surface area contributed by atoms with Gasteiger partial charge in [-0.05, 0) is 74.8 Å². The van der Waals surface area contributed by atoms with Gasteiger partial charge < -0.3 is 10.6 Å². The number of hydrogen-bond donors (Lipinski definition) is 2. The van der Waals surface area contributed by atoms with Gasteiger partial charge in [-0.1, -0.05) is 30.3 Å². The van der Waals surface area contributed by atoms with Gasteiger partial charge in [0.15, 0.2) is 0 Å². The molecule has 1 aliphatic rings. The third kappa shape index (κ3) is 5.43. The fourth-order valence-electron chi connectivity index (χ4n) is 3.90.